The van der Waals surface area contributed by atoms with E-state index in [0.29, 0.717) is 5.56 Å². The van der Waals surface area contributed by atoms with Gasteiger partial charge in [0.2, 0.25) is 10.0 Å². The van der Waals surface area contributed by atoms with Crippen molar-refractivity contribution in [1.82, 2.24) is 4.31 Å². The quantitative estimate of drug-likeness (QED) is 0.746. The molecule has 1 aromatic heterocycles. The molecule has 0 aliphatic carbocycles. The molecule has 0 unspecified atom stereocenters. The molecule has 0 saturated heterocycles. The van der Waals surface area contributed by atoms with Crippen molar-refractivity contribution in [3.05, 3.63) is 15.8 Å². The van der Waals surface area contributed by atoms with Crippen molar-refractivity contribution in [3.8, 4) is 6.07 Å². The van der Waals surface area contributed by atoms with Gasteiger partial charge in [0.25, 0.3) is 0 Å². The summed E-state index contributed by atoms with van der Waals surface area (Å²) >= 11 is 1.04. The third-order valence-corrected chi connectivity index (χ3v) is 6.35. The first-order valence-electron chi connectivity index (χ1n) is 6.32. The summed E-state index contributed by atoms with van der Waals surface area (Å²) in [4.78, 5) is 11.8. The molecule has 1 aromatic rings. The number of carbonyl (C=O) groups excluding carboxylic acids is 1. The third kappa shape index (κ3) is 3.61. The Morgan fingerprint density at radius 3 is 2.62 bits per heavy atom. The van der Waals surface area contributed by atoms with Crippen molar-refractivity contribution in [2.75, 3.05) is 13.7 Å². The number of thiophene rings is 1. The van der Waals surface area contributed by atoms with E-state index in [-0.39, 0.29) is 28.8 Å². The summed E-state index contributed by atoms with van der Waals surface area (Å²) in [5.41, 5.74) is 0.503. The summed E-state index contributed by atoms with van der Waals surface area (Å²) in [7, 11) is -2.64. The molecule has 1 rings (SSSR count). The molecule has 1 heterocycles. The lowest BCUT2D eigenvalue weighted by atomic mass is 10.3. The average molecular weight is 330 g/mol. The number of nitrogens with zero attached hydrogens (tertiary/aromatic N) is 2. The summed E-state index contributed by atoms with van der Waals surface area (Å²) in [6, 6.07) is 1.63. The van der Waals surface area contributed by atoms with E-state index in [1.54, 1.807) is 26.2 Å². The number of nitriles is 1. The van der Waals surface area contributed by atoms with Crippen LogP contribution >= 0.6 is 11.3 Å². The maximum Gasteiger partial charge on any atom is 0.349 e. The van der Waals surface area contributed by atoms with Crippen LogP contribution < -0.4 is 0 Å². The molecule has 116 valence electrons. The molecule has 0 saturated carbocycles. The summed E-state index contributed by atoms with van der Waals surface area (Å²) in [5, 5.41) is 10.3. The Hall–Kier alpha value is -1.43. The van der Waals surface area contributed by atoms with Crippen LogP contribution in [0.4, 0.5) is 0 Å². The molecule has 0 aliphatic rings. The molecule has 0 fully saturated rings. The van der Waals surface area contributed by atoms with Gasteiger partial charge in [-0.1, -0.05) is 0 Å². The molecule has 21 heavy (non-hydrogen) atoms. The van der Waals surface area contributed by atoms with Crippen molar-refractivity contribution in [3.63, 3.8) is 0 Å². The summed E-state index contributed by atoms with van der Waals surface area (Å²) in [6.07, 6.45) is 0.0914. The maximum atomic E-state index is 12.8. The Morgan fingerprint density at radius 2 is 2.14 bits per heavy atom. The van der Waals surface area contributed by atoms with Crippen LogP contribution in [0.2, 0.25) is 0 Å². The van der Waals surface area contributed by atoms with E-state index in [4.69, 9.17) is 5.26 Å². The number of sulfonamides is 1. The van der Waals surface area contributed by atoms with Gasteiger partial charge in [-0.15, -0.1) is 11.3 Å². The minimum atomic E-state index is -3.85. The smallest absolute Gasteiger partial charge is 0.349 e. The normalized spacial score (nSPS) is 11.7. The fourth-order valence-corrected chi connectivity index (χ4v) is 5.22. The van der Waals surface area contributed by atoms with Crippen LogP contribution in [0.3, 0.4) is 0 Å². The van der Waals surface area contributed by atoms with Gasteiger partial charge in [-0.25, -0.2) is 13.2 Å². The predicted octanol–water partition coefficient (Wildman–Crippen LogP) is 2.16. The molecular weight excluding hydrogens is 312 g/mol. The van der Waals surface area contributed by atoms with Gasteiger partial charge in [0.15, 0.2) is 0 Å². The minimum Gasteiger partial charge on any atom is -0.465 e. The zero-order chi connectivity index (χ0) is 16.2. The van der Waals surface area contributed by atoms with Gasteiger partial charge in [0, 0.05) is 19.0 Å². The minimum absolute atomic E-state index is 0.0222. The van der Waals surface area contributed by atoms with E-state index in [2.05, 4.69) is 4.74 Å². The van der Waals surface area contributed by atoms with E-state index in [1.807, 2.05) is 6.07 Å². The lowest BCUT2D eigenvalue weighted by molar-refractivity contribution is 0.0602. The Bertz CT molecular complexity index is 656. The van der Waals surface area contributed by atoms with Crippen LogP contribution in [0.1, 0.15) is 35.5 Å². The van der Waals surface area contributed by atoms with E-state index >= 15 is 0 Å². The number of aryl methyl sites for hydroxylation is 1. The highest BCUT2D eigenvalue weighted by Crippen LogP contribution is 2.31. The molecule has 0 N–H and O–H groups in total. The SMILES string of the molecule is COC(=O)c1scc(C)c1S(=O)(=O)N(CCC#N)C(C)C. The summed E-state index contributed by atoms with van der Waals surface area (Å²) in [6.45, 7) is 5.19. The Balaban J connectivity index is 3.39. The monoisotopic (exact) mass is 330 g/mol. The Kier molecular flexibility index (Phi) is 5.89. The van der Waals surface area contributed by atoms with Gasteiger partial charge in [-0.05, 0) is 31.7 Å². The van der Waals surface area contributed by atoms with Gasteiger partial charge in [0.1, 0.15) is 9.77 Å². The second kappa shape index (κ2) is 7.02. The fraction of sp³-hybridized carbons (Fsp3) is 0.538. The highest BCUT2D eigenvalue weighted by molar-refractivity contribution is 7.89. The fourth-order valence-electron chi connectivity index (χ4n) is 1.92. The van der Waals surface area contributed by atoms with Crippen LogP contribution in [0.25, 0.3) is 0 Å². The van der Waals surface area contributed by atoms with Gasteiger partial charge in [-0.2, -0.15) is 9.57 Å². The lowest BCUT2D eigenvalue weighted by Crippen LogP contribution is -2.38. The van der Waals surface area contributed by atoms with Crippen LogP contribution in [0.5, 0.6) is 0 Å². The van der Waals surface area contributed by atoms with Gasteiger partial charge >= 0.3 is 5.97 Å². The number of hydrogen-bond acceptors (Lipinski definition) is 6. The molecule has 0 amide bonds. The Morgan fingerprint density at radius 1 is 1.52 bits per heavy atom. The van der Waals surface area contributed by atoms with Crippen LogP contribution in [0.15, 0.2) is 10.3 Å². The van der Waals surface area contributed by atoms with Crippen molar-refractivity contribution in [2.24, 2.45) is 0 Å². The number of hydrogen-bond donors (Lipinski definition) is 0. The van der Waals surface area contributed by atoms with E-state index in [0.717, 1.165) is 11.3 Å². The first-order valence-corrected chi connectivity index (χ1v) is 8.64. The number of esters is 1. The second-order valence-corrected chi connectivity index (χ2v) is 7.39. The topological polar surface area (TPSA) is 87.5 Å². The maximum absolute atomic E-state index is 12.8. The highest BCUT2D eigenvalue weighted by Gasteiger charge is 2.33. The summed E-state index contributed by atoms with van der Waals surface area (Å²) in [5.74, 6) is -0.671. The zero-order valence-electron chi connectivity index (χ0n) is 12.4. The number of methoxy groups -OCH3 is 1. The Labute approximate surface area is 129 Å². The molecule has 6 nitrogen and oxygen atoms in total. The van der Waals surface area contributed by atoms with Crippen molar-refractivity contribution in [1.29, 1.82) is 5.26 Å². The van der Waals surface area contributed by atoms with E-state index < -0.39 is 16.0 Å². The molecular formula is C13H18N2O4S2. The van der Waals surface area contributed by atoms with Crippen LogP contribution in [-0.2, 0) is 14.8 Å². The predicted molar refractivity (Wildman–Crippen MR) is 79.7 cm³/mol. The molecule has 0 bridgehead atoms. The summed E-state index contributed by atoms with van der Waals surface area (Å²) < 4.78 is 31.5. The first-order chi connectivity index (χ1) is 9.77. The van der Waals surface area contributed by atoms with Gasteiger partial charge in [-0.3, -0.25) is 0 Å². The highest BCUT2D eigenvalue weighted by atomic mass is 32.2. The van der Waals surface area contributed by atoms with Gasteiger partial charge in [0.05, 0.1) is 13.2 Å². The van der Waals surface area contributed by atoms with E-state index in [9.17, 15) is 13.2 Å². The number of rotatable bonds is 6. The molecule has 0 aliphatic heterocycles. The molecule has 0 spiro atoms. The molecule has 0 atom stereocenters. The standard InChI is InChI=1S/C13H18N2O4S2/c1-9(2)15(7-5-6-14)21(17,18)12-10(3)8-20-11(12)13(16)19-4/h8-9H,5,7H2,1-4H3. The van der Waals surface area contributed by atoms with Gasteiger partial charge < -0.3 is 4.74 Å². The van der Waals surface area contributed by atoms with E-state index in [1.165, 1.54) is 11.4 Å². The molecule has 8 heteroatoms. The zero-order valence-corrected chi connectivity index (χ0v) is 14.0. The van der Waals surface area contributed by atoms with Crippen LogP contribution in [-0.4, -0.2) is 38.4 Å². The second-order valence-electron chi connectivity index (χ2n) is 4.69. The molecule has 0 radical (unpaired) electrons. The first kappa shape index (κ1) is 17.6. The average Bonchev–Trinajstić information content (AvgIpc) is 2.80. The van der Waals surface area contributed by atoms with Crippen LogP contribution in [0, 0.1) is 18.3 Å². The van der Waals surface area contributed by atoms with Crippen molar-refractivity contribution >= 4 is 27.3 Å². The number of ether oxygens (including phenoxy) is 1. The largest absolute Gasteiger partial charge is 0.465 e. The van der Waals surface area contributed by atoms with Crippen molar-refractivity contribution < 1.29 is 17.9 Å². The lowest BCUT2D eigenvalue weighted by Gasteiger charge is -2.25. The molecule has 0 aromatic carbocycles. The van der Waals surface area contributed by atoms with Crippen molar-refractivity contribution in [2.45, 2.75) is 38.1 Å². The number of carbonyl (C=O) groups is 1. The third-order valence-electron chi connectivity index (χ3n) is 2.88.